The van der Waals surface area contributed by atoms with Gasteiger partial charge in [0.1, 0.15) is 0 Å². The maximum absolute atomic E-state index is 12.2. The van der Waals surface area contributed by atoms with Crippen LogP contribution in [0.15, 0.2) is 24.5 Å². The van der Waals surface area contributed by atoms with Crippen molar-refractivity contribution in [1.29, 1.82) is 0 Å². The number of aromatic nitrogens is 4. The van der Waals surface area contributed by atoms with Crippen LogP contribution >= 0.6 is 0 Å². The molecule has 1 N–H and O–H groups in total. The predicted molar refractivity (Wildman–Crippen MR) is 140 cm³/mol. The second-order valence-electron chi connectivity index (χ2n) is 6.23. The van der Waals surface area contributed by atoms with Crippen molar-refractivity contribution in [3.8, 4) is 0 Å². The molecule has 0 aliphatic rings. The van der Waals surface area contributed by atoms with Crippen LogP contribution in [-0.4, -0.2) is 70.2 Å². The van der Waals surface area contributed by atoms with E-state index in [1.807, 2.05) is 0 Å². The highest BCUT2D eigenvalue weighted by molar-refractivity contribution is 5.70. The number of rotatable bonds is 6. The van der Waals surface area contributed by atoms with Gasteiger partial charge in [0.25, 0.3) is 0 Å². The van der Waals surface area contributed by atoms with Crippen molar-refractivity contribution < 1.29 is 78.2 Å². The van der Waals surface area contributed by atoms with Crippen LogP contribution in [0.2, 0.25) is 0 Å². The van der Waals surface area contributed by atoms with E-state index in [0.29, 0.717) is 17.1 Å². The topological polar surface area (TPSA) is 127 Å². The minimum Gasteiger partial charge on any atom is -0.465 e. The first kappa shape index (κ1) is 56.0. The summed E-state index contributed by atoms with van der Waals surface area (Å²) in [7, 11) is 0. The minimum atomic E-state index is -4.15. The van der Waals surface area contributed by atoms with E-state index in [1.165, 1.54) is 0 Å². The third kappa shape index (κ3) is 29.6. The van der Waals surface area contributed by atoms with Crippen LogP contribution in [0.25, 0.3) is 0 Å². The van der Waals surface area contributed by atoms with Crippen molar-refractivity contribution in [1.82, 2.24) is 19.6 Å². The Bertz CT molecular complexity index is 1000. The highest BCUT2D eigenvalue weighted by atomic mass is 19.4. The molecule has 0 spiro atoms. The Balaban J connectivity index is -0.0000000852. The number of halogens is 10. The summed E-state index contributed by atoms with van der Waals surface area (Å²) in [5.41, 5.74) is 2.32. The summed E-state index contributed by atoms with van der Waals surface area (Å²) >= 11 is 0. The Morgan fingerprint density at radius 2 is 1.25 bits per heavy atom. The molecule has 0 bridgehead atoms. The summed E-state index contributed by atoms with van der Waals surface area (Å²) in [6.45, 7) is 0.805. The van der Waals surface area contributed by atoms with Crippen LogP contribution in [0, 0.1) is 27.7 Å². The minimum absolute atomic E-state index is 0. The molecule has 0 unspecified atom stereocenters. The lowest BCUT2D eigenvalue weighted by Crippen LogP contribution is -2.28. The van der Waals surface area contributed by atoms with Crippen molar-refractivity contribution >= 4 is 12.2 Å². The van der Waals surface area contributed by atoms with Crippen LogP contribution in [0.5, 0.6) is 0 Å². The third-order valence-electron chi connectivity index (χ3n) is 3.13. The molecule has 0 radical (unpaired) electrons. The van der Waals surface area contributed by atoms with Gasteiger partial charge in [0, 0.05) is 11.4 Å². The molecule has 0 atom stereocenters. The highest BCUT2D eigenvalue weighted by Crippen LogP contribution is 2.16. The number of ether oxygens (including phenoxy) is 2. The van der Waals surface area contributed by atoms with E-state index in [4.69, 9.17) is 5.11 Å². The van der Waals surface area contributed by atoms with Gasteiger partial charge in [0.15, 0.2) is 12.9 Å². The number of alkyl halides is 6. The molecule has 0 aliphatic heterocycles. The second kappa shape index (κ2) is 32.0. The summed E-state index contributed by atoms with van der Waals surface area (Å²) in [6, 6.07) is 3.28. The largest absolute Gasteiger partial charge is 0.465 e. The smallest absolute Gasteiger partial charge is 0.435 e. The molecule has 11 nitrogen and oxygen atoms in total. The van der Waals surface area contributed by atoms with Gasteiger partial charge < -0.3 is 14.6 Å². The predicted octanol–water partition coefficient (Wildman–Crippen LogP) is 8.91. The van der Waals surface area contributed by atoms with E-state index in [1.54, 1.807) is 39.8 Å². The van der Waals surface area contributed by atoms with Crippen molar-refractivity contribution in [2.75, 3.05) is 27.3 Å². The Morgan fingerprint density at radius 3 is 1.45 bits per heavy atom. The van der Waals surface area contributed by atoms with Gasteiger partial charge in [-0.05, 0) is 48.9 Å². The van der Waals surface area contributed by atoms with Crippen LogP contribution in [0.1, 0.15) is 52.5 Å². The molecule has 21 heteroatoms. The van der Waals surface area contributed by atoms with Gasteiger partial charge >= 0.3 is 24.4 Å². The molecule has 0 saturated carbocycles. The van der Waals surface area contributed by atoms with E-state index >= 15 is 0 Å². The molecule has 0 saturated heterocycles. The molecule has 0 aliphatic carbocycles. The van der Waals surface area contributed by atoms with Crippen molar-refractivity contribution in [2.45, 2.75) is 63.5 Å². The molecular formula is C23H40F10N4O7. The first-order valence-electron chi connectivity index (χ1n) is 9.81. The monoisotopic (exact) mass is 674 g/mol. The lowest BCUT2D eigenvalue weighted by Gasteiger charge is -2.10. The van der Waals surface area contributed by atoms with E-state index < -0.39 is 51.6 Å². The number of aryl methyl sites for hydroxylation is 4. The number of carbonyl (C=O) groups is 2. The Morgan fingerprint density at radius 1 is 0.864 bits per heavy atom. The van der Waals surface area contributed by atoms with E-state index in [2.05, 4.69) is 29.6 Å². The first-order chi connectivity index (χ1) is 18.6. The summed E-state index contributed by atoms with van der Waals surface area (Å²) in [5, 5.41) is 15.9. The summed E-state index contributed by atoms with van der Waals surface area (Å²) in [6.07, 6.45) is -8.28. The zero-order valence-corrected chi connectivity index (χ0v) is 21.0. The number of hydrogen-bond acceptors (Lipinski definition) is 8. The fraction of sp³-hybridized carbons (Fsp3) is 0.565. The Hall–Kier alpha value is -3.88. The summed E-state index contributed by atoms with van der Waals surface area (Å²) in [4.78, 5) is 26.2. The van der Waals surface area contributed by atoms with E-state index in [0.717, 1.165) is 15.1 Å². The van der Waals surface area contributed by atoms with Crippen molar-refractivity contribution in [3.63, 3.8) is 0 Å². The summed E-state index contributed by atoms with van der Waals surface area (Å²) in [5.74, 6) is 0. The van der Waals surface area contributed by atoms with Gasteiger partial charge in [-0.3, -0.25) is 0 Å². The van der Waals surface area contributed by atoms with Gasteiger partial charge in [0.05, 0.1) is 11.4 Å². The third-order valence-corrected chi connectivity index (χ3v) is 3.13. The number of hydrogen-bond donors (Lipinski definition) is 1. The van der Waals surface area contributed by atoms with Crippen molar-refractivity contribution in [2.24, 2.45) is 0 Å². The van der Waals surface area contributed by atoms with E-state index in [-0.39, 0.29) is 36.0 Å². The number of carboxylic acid groups (broad SMARTS) is 1. The van der Waals surface area contributed by atoms with Gasteiger partial charge in [-0.2, -0.15) is 42.1 Å². The van der Waals surface area contributed by atoms with Crippen LogP contribution in [0.3, 0.4) is 0 Å². The fourth-order valence-corrected chi connectivity index (χ4v) is 1.96. The van der Waals surface area contributed by atoms with Crippen molar-refractivity contribution in [3.05, 3.63) is 47.3 Å². The average molecular weight is 675 g/mol. The lowest BCUT2D eigenvalue weighted by atomic mass is 10.4. The molecule has 2 aromatic heterocycles. The quantitative estimate of drug-likeness (QED) is 0.236. The summed E-state index contributed by atoms with van der Waals surface area (Å²) < 4.78 is 117. The molecule has 264 valence electrons. The first-order valence-corrected chi connectivity index (χ1v) is 9.81. The fourth-order valence-electron chi connectivity index (χ4n) is 1.96. The molecule has 2 heterocycles. The molecular weight excluding hydrogens is 634 g/mol. The van der Waals surface area contributed by atoms with E-state index in [9.17, 15) is 53.8 Å². The lowest BCUT2D eigenvalue weighted by molar-refractivity contribution is -0.363. The number of carbonyl (C=O) groups excluding carboxylic acids is 1. The molecule has 44 heavy (non-hydrogen) atoms. The standard InChI is InChI=1S/C8H9F3N2O3.C6H8N2O2.C3H3F3O.CH2F2O.CH2F2.4CH4/c1-5-3-6(2)13(12-5)7(14)15-4-8(9,10)16-11;1-4-3-5(2)8(7-4)6(9)10;4-2-7-1-3(5)6;2-1-4-3;2-1-3;;;;/h3H,4H2,1-2H3;3H,1-2H3,(H,9,10);1H,2H2;1H2;1H2;4*1H4. The zero-order chi connectivity index (χ0) is 31.9. The van der Waals surface area contributed by atoms with Gasteiger partial charge in [-0.1, -0.05) is 29.7 Å². The molecule has 2 aromatic rings. The molecule has 2 rings (SSSR count). The van der Waals surface area contributed by atoms with Crippen LogP contribution < -0.4 is 0 Å². The molecule has 0 amide bonds. The van der Waals surface area contributed by atoms with Crippen LogP contribution in [0.4, 0.5) is 53.8 Å². The second-order valence-corrected chi connectivity index (χ2v) is 6.23. The zero-order valence-electron chi connectivity index (χ0n) is 21.0. The van der Waals surface area contributed by atoms with Crippen LogP contribution in [-0.2, 0) is 19.4 Å². The number of nitrogens with zero attached hydrogens (tertiary/aromatic N) is 4. The average Bonchev–Trinajstić information content (AvgIpc) is 3.41. The Labute approximate surface area is 248 Å². The SMILES string of the molecule is C.C.C.C.Cc1cc(C)n(C(=O)O)n1.Cc1cc(C)n(C(=O)OCC(F)(F)OF)n1.FCF.FCOC=C(F)F.FCOF. The van der Waals surface area contributed by atoms with Gasteiger partial charge in [-0.25, -0.2) is 27.2 Å². The maximum atomic E-state index is 12.2. The van der Waals surface area contributed by atoms with Gasteiger partial charge in [-0.15, -0.1) is 4.94 Å². The maximum Gasteiger partial charge on any atom is 0.435 e. The van der Waals surface area contributed by atoms with Gasteiger partial charge in [0.2, 0.25) is 20.6 Å². The normalized spacial score (nSPS) is 8.77. The molecule has 0 fully saturated rings. The Kier molecular flexibility index (Phi) is 40.8. The molecule has 0 aromatic carbocycles. The highest BCUT2D eigenvalue weighted by Gasteiger charge is 2.34.